The Labute approximate surface area is 83.3 Å². The molecule has 0 aromatic carbocycles. The third-order valence-electron chi connectivity index (χ3n) is 3.36. The molecule has 0 amide bonds. The molecular formula is C11H14N2O. The molecule has 0 bridgehead atoms. The van der Waals surface area contributed by atoms with Gasteiger partial charge in [-0.05, 0) is 18.9 Å². The third-order valence-corrected chi connectivity index (χ3v) is 3.36. The number of rotatable bonds is 2. The molecule has 1 saturated carbocycles. The topological polar surface area (TPSA) is 48.1 Å². The molecule has 3 heteroatoms. The highest BCUT2D eigenvalue weighted by Gasteiger charge is 2.44. The molecule has 14 heavy (non-hydrogen) atoms. The van der Waals surface area contributed by atoms with E-state index in [-0.39, 0.29) is 5.41 Å². The van der Waals surface area contributed by atoms with Crippen molar-refractivity contribution in [1.82, 2.24) is 4.98 Å². The molecule has 1 aromatic rings. The second kappa shape index (κ2) is 2.70. The molecule has 2 heterocycles. The van der Waals surface area contributed by atoms with Crippen molar-refractivity contribution in [3.05, 3.63) is 23.5 Å². The molecule has 0 spiro atoms. The number of aromatic nitrogens is 1. The van der Waals surface area contributed by atoms with Crippen LogP contribution in [-0.4, -0.2) is 18.1 Å². The lowest BCUT2D eigenvalue weighted by Crippen LogP contribution is -2.21. The fraction of sp³-hybridized carbons (Fsp3) is 0.545. The fourth-order valence-electron chi connectivity index (χ4n) is 2.09. The van der Waals surface area contributed by atoms with E-state index >= 15 is 0 Å². The quantitative estimate of drug-likeness (QED) is 0.757. The van der Waals surface area contributed by atoms with Crippen LogP contribution in [0.2, 0.25) is 0 Å². The molecule has 2 N–H and O–H groups in total. The van der Waals surface area contributed by atoms with Crippen LogP contribution in [0.4, 0.5) is 0 Å². The predicted molar refractivity (Wildman–Crippen MR) is 53.4 cm³/mol. The van der Waals surface area contributed by atoms with Crippen LogP contribution in [0.5, 0.6) is 5.75 Å². The molecule has 0 radical (unpaired) electrons. The summed E-state index contributed by atoms with van der Waals surface area (Å²) in [6.45, 7) is 1.52. The van der Waals surface area contributed by atoms with E-state index in [4.69, 9.17) is 10.5 Å². The van der Waals surface area contributed by atoms with Crippen LogP contribution in [0.15, 0.2) is 12.3 Å². The minimum atomic E-state index is 0.206. The monoisotopic (exact) mass is 190 g/mol. The molecular weight excluding hydrogens is 176 g/mol. The van der Waals surface area contributed by atoms with Gasteiger partial charge in [0.25, 0.3) is 0 Å². The zero-order valence-corrected chi connectivity index (χ0v) is 8.12. The summed E-state index contributed by atoms with van der Waals surface area (Å²) in [5.74, 6) is 0.960. The Morgan fingerprint density at radius 3 is 3.07 bits per heavy atom. The van der Waals surface area contributed by atoms with Crippen LogP contribution in [0.3, 0.4) is 0 Å². The summed E-state index contributed by atoms with van der Waals surface area (Å²) >= 11 is 0. The van der Waals surface area contributed by atoms with Gasteiger partial charge in [0.1, 0.15) is 5.75 Å². The van der Waals surface area contributed by atoms with Crippen LogP contribution in [0, 0.1) is 0 Å². The largest absolute Gasteiger partial charge is 0.491 e. The maximum atomic E-state index is 5.77. The number of hydrogen-bond acceptors (Lipinski definition) is 3. The van der Waals surface area contributed by atoms with Crippen molar-refractivity contribution in [1.29, 1.82) is 0 Å². The number of fused-ring (bicyclic) bond motifs is 1. The Hall–Kier alpha value is -1.09. The summed E-state index contributed by atoms with van der Waals surface area (Å²) < 4.78 is 5.43. The van der Waals surface area contributed by atoms with Crippen molar-refractivity contribution in [3.8, 4) is 5.75 Å². The number of hydrogen-bond donors (Lipinski definition) is 1. The van der Waals surface area contributed by atoms with Crippen LogP contribution in [0.25, 0.3) is 0 Å². The molecule has 1 aliphatic heterocycles. The lowest BCUT2D eigenvalue weighted by Gasteiger charge is -2.12. The van der Waals surface area contributed by atoms with Crippen LogP contribution in [0.1, 0.15) is 24.1 Å². The standard InChI is InChI=1S/C11H14N2O/c12-7-11(2-3-11)10-5-8-1-4-14-9(8)6-13-10/h5-6H,1-4,7,12H2. The first-order chi connectivity index (χ1) is 6.84. The number of pyridine rings is 1. The summed E-state index contributed by atoms with van der Waals surface area (Å²) in [6, 6.07) is 2.18. The Morgan fingerprint density at radius 2 is 2.36 bits per heavy atom. The lowest BCUT2D eigenvalue weighted by atomic mass is 10.00. The smallest absolute Gasteiger partial charge is 0.140 e. The molecule has 0 atom stereocenters. The first-order valence-electron chi connectivity index (χ1n) is 5.16. The lowest BCUT2D eigenvalue weighted by molar-refractivity contribution is 0.355. The molecule has 3 nitrogen and oxygen atoms in total. The average molecular weight is 190 g/mol. The number of nitrogens with two attached hydrogens (primary N) is 1. The molecule has 2 aliphatic rings. The van der Waals surface area contributed by atoms with E-state index in [1.54, 1.807) is 0 Å². The minimum Gasteiger partial charge on any atom is -0.491 e. The predicted octanol–water partition coefficient (Wildman–Crippen LogP) is 1.01. The van der Waals surface area contributed by atoms with E-state index in [2.05, 4.69) is 11.1 Å². The first kappa shape index (κ1) is 8.24. The Morgan fingerprint density at radius 1 is 1.50 bits per heavy atom. The SMILES string of the molecule is NCC1(c2cc3c(cn2)OCC3)CC1. The van der Waals surface area contributed by atoms with Crippen LogP contribution >= 0.6 is 0 Å². The van der Waals surface area contributed by atoms with Gasteiger partial charge in [-0.25, -0.2) is 0 Å². The maximum absolute atomic E-state index is 5.77. The molecule has 74 valence electrons. The van der Waals surface area contributed by atoms with E-state index in [1.165, 1.54) is 24.1 Å². The minimum absolute atomic E-state index is 0.206. The Balaban J connectivity index is 2.00. The average Bonchev–Trinajstić information content (AvgIpc) is 2.89. The van der Waals surface area contributed by atoms with Gasteiger partial charge in [0.2, 0.25) is 0 Å². The highest BCUT2D eigenvalue weighted by molar-refractivity contribution is 5.39. The van der Waals surface area contributed by atoms with E-state index in [1.807, 2.05) is 6.20 Å². The van der Waals surface area contributed by atoms with Gasteiger partial charge in [-0.1, -0.05) is 0 Å². The van der Waals surface area contributed by atoms with Gasteiger partial charge >= 0.3 is 0 Å². The molecule has 3 rings (SSSR count). The van der Waals surface area contributed by atoms with Crippen molar-refractivity contribution >= 4 is 0 Å². The van der Waals surface area contributed by atoms with Gasteiger partial charge in [-0.15, -0.1) is 0 Å². The Bertz CT molecular complexity index is 372. The van der Waals surface area contributed by atoms with Gasteiger partial charge in [-0.2, -0.15) is 0 Å². The first-order valence-corrected chi connectivity index (χ1v) is 5.16. The van der Waals surface area contributed by atoms with E-state index in [0.29, 0.717) is 0 Å². The highest BCUT2D eigenvalue weighted by Crippen LogP contribution is 2.47. The summed E-state index contributed by atoms with van der Waals surface area (Å²) in [7, 11) is 0. The van der Waals surface area contributed by atoms with Crippen molar-refractivity contribution < 1.29 is 4.74 Å². The van der Waals surface area contributed by atoms with Crippen molar-refractivity contribution in [2.75, 3.05) is 13.2 Å². The van der Waals surface area contributed by atoms with Gasteiger partial charge < -0.3 is 10.5 Å². The third kappa shape index (κ3) is 1.05. The second-order valence-electron chi connectivity index (χ2n) is 4.26. The van der Waals surface area contributed by atoms with E-state index in [9.17, 15) is 0 Å². The molecule has 0 saturated heterocycles. The van der Waals surface area contributed by atoms with E-state index in [0.717, 1.165) is 25.3 Å². The van der Waals surface area contributed by atoms with Gasteiger partial charge in [-0.3, -0.25) is 4.98 Å². The molecule has 1 fully saturated rings. The van der Waals surface area contributed by atoms with Crippen molar-refractivity contribution in [2.45, 2.75) is 24.7 Å². The summed E-state index contributed by atoms with van der Waals surface area (Å²) in [5, 5.41) is 0. The zero-order valence-electron chi connectivity index (χ0n) is 8.12. The maximum Gasteiger partial charge on any atom is 0.140 e. The molecule has 1 aromatic heterocycles. The number of nitrogens with zero attached hydrogens (tertiary/aromatic N) is 1. The van der Waals surface area contributed by atoms with Crippen LogP contribution < -0.4 is 10.5 Å². The normalized spacial score (nSPS) is 21.5. The van der Waals surface area contributed by atoms with Gasteiger partial charge in [0, 0.05) is 29.6 Å². The molecule has 0 unspecified atom stereocenters. The fourth-order valence-corrected chi connectivity index (χ4v) is 2.09. The second-order valence-corrected chi connectivity index (χ2v) is 4.26. The highest BCUT2D eigenvalue weighted by atomic mass is 16.5. The zero-order chi connectivity index (χ0) is 9.60. The molecule has 1 aliphatic carbocycles. The van der Waals surface area contributed by atoms with Gasteiger partial charge in [0.05, 0.1) is 12.8 Å². The summed E-state index contributed by atoms with van der Waals surface area (Å²) in [5.41, 5.74) is 8.45. The summed E-state index contributed by atoms with van der Waals surface area (Å²) in [6.07, 6.45) is 5.26. The van der Waals surface area contributed by atoms with Crippen molar-refractivity contribution in [2.24, 2.45) is 5.73 Å². The van der Waals surface area contributed by atoms with E-state index < -0.39 is 0 Å². The van der Waals surface area contributed by atoms with Crippen molar-refractivity contribution in [3.63, 3.8) is 0 Å². The van der Waals surface area contributed by atoms with Gasteiger partial charge in [0.15, 0.2) is 0 Å². The summed E-state index contributed by atoms with van der Waals surface area (Å²) in [4.78, 5) is 4.45. The Kier molecular flexibility index (Phi) is 1.59. The number of ether oxygens (including phenoxy) is 1. The van der Waals surface area contributed by atoms with Crippen LogP contribution in [-0.2, 0) is 11.8 Å².